The van der Waals surface area contributed by atoms with Crippen LogP contribution in [0.3, 0.4) is 0 Å². The summed E-state index contributed by atoms with van der Waals surface area (Å²) in [6, 6.07) is 71.2. The van der Waals surface area contributed by atoms with Gasteiger partial charge in [0, 0.05) is 54.8 Å². The number of hydrogen-bond donors (Lipinski definition) is 0. The van der Waals surface area contributed by atoms with Crippen LogP contribution in [-0.2, 0) is 0 Å². The molecule has 0 bridgehead atoms. The molecule has 4 aromatic heterocycles. The van der Waals surface area contributed by atoms with Crippen LogP contribution >= 0.6 is 0 Å². The average molecular weight is 728 g/mol. The van der Waals surface area contributed by atoms with E-state index in [0.29, 0.717) is 5.95 Å². The molecule has 4 heterocycles. The highest BCUT2D eigenvalue weighted by molar-refractivity contribution is 6.26. The first kappa shape index (κ1) is 31.6. The van der Waals surface area contributed by atoms with Crippen molar-refractivity contribution >= 4 is 65.4 Å². The Hall–Kier alpha value is -7.76. The summed E-state index contributed by atoms with van der Waals surface area (Å²) in [5.74, 6) is 0.629. The van der Waals surface area contributed by atoms with Gasteiger partial charge >= 0.3 is 0 Å². The Morgan fingerprint density at radius 1 is 0.298 bits per heavy atom. The minimum Gasteiger partial charge on any atom is -0.309 e. The third kappa shape index (κ3) is 4.76. The van der Waals surface area contributed by atoms with Crippen LogP contribution in [0.15, 0.2) is 200 Å². The first-order chi connectivity index (χ1) is 28.3. The van der Waals surface area contributed by atoms with Crippen LogP contribution in [-0.4, -0.2) is 23.7 Å². The molecule has 0 radical (unpaired) electrons. The lowest BCUT2D eigenvalue weighted by molar-refractivity contribution is 0.997. The quantitative estimate of drug-likeness (QED) is 0.177. The van der Waals surface area contributed by atoms with E-state index in [-0.39, 0.29) is 0 Å². The van der Waals surface area contributed by atoms with Gasteiger partial charge in [-0.15, -0.1) is 0 Å². The Balaban J connectivity index is 1.24. The van der Waals surface area contributed by atoms with Gasteiger partial charge in [-0.05, 0) is 60.7 Å². The van der Waals surface area contributed by atoms with Crippen LogP contribution in [0.25, 0.3) is 105 Å². The Bertz CT molecular complexity index is 3390. The van der Waals surface area contributed by atoms with Gasteiger partial charge in [-0.25, -0.2) is 9.97 Å². The number of nitrogens with zero attached hydrogens (tertiary/aromatic N) is 5. The van der Waals surface area contributed by atoms with Crippen LogP contribution in [0, 0.1) is 0 Å². The molecule has 0 amide bonds. The van der Waals surface area contributed by atoms with Crippen molar-refractivity contribution in [1.29, 1.82) is 0 Å². The highest BCUT2D eigenvalue weighted by atomic mass is 15.2. The van der Waals surface area contributed by atoms with E-state index in [0.717, 1.165) is 72.1 Å². The van der Waals surface area contributed by atoms with Crippen LogP contribution in [0.2, 0.25) is 0 Å². The van der Waals surface area contributed by atoms with Gasteiger partial charge in [0.25, 0.3) is 0 Å². The van der Waals surface area contributed by atoms with Crippen LogP contribution in [0.1, 0.15) is 0 Å². The SMILES string of the molecule is c1ccc(-c2cc(-c3ccccc3)nc(-n3c4ccc(-n5c6ccccc6c6ccccc65)cc4c4ccc5c(c6ccccc6n5-c5ccccc5)c43)n2)cc1. The normalized spacial score (nSPS) is 11.9. The summed E-state index contributed by atoms with van der Waals surface area (Å²) in [6.07, 6.45) is 0. The summed E-state index contributed by atoms with van der Waals surface area (Å²) in [7, 11) is 0. The summed E-state index contributed by atoms with van der Waals surface area (Å²) in [5, 5.41) is 7.10. The maximum absolute atomic E-state index is 5.42. The van der Waals surface area contributed by atoms with E-state index in [2.05, 4.69) is 202 Å². The number of benzene rings is 8. The van der Waals surface area contributed by atoms with E-state index in [4.69, 9.17) is 9.97 Å². The lowest BCUT2D eigenvalue weighted by atomic mass is 10.1. The summed E-state index contributed by atoms with van der Waals surface area (Å²) in [6.45, 7) is 0. The van der Waals surface area contributed by atoms with Crippen molar-refractivity contribution in [2.75, 3.05) is 0 Å². The van der Waals surface area contributed by atoms with E-state index in [1.807, 2.05) is 12.1 Å². The maximum atomic E-state index is 5.42. The molecule has 0 atom stereocenters. The number of para-hydroxylation sites is 4. The van der Waals surface area contributed by atoms with E-state index < -0.39 is 0 Å². The first-order valence-corrected chi connectivity index (χ1v) is 19.3. The molecular weight excluding hydrogens is 695 g/mol. The summed E-state index contributed by atoms with van der Waals surface area (Å²) >= 11 is 0. The highest BCUT2D eigenvalue weighted by Gasteiger charge is 2.24. The topological polar surface area (TPSA) is 40.6 Å². The fourth-order valence-corrected chi connectivity index (χ4v) is 9.00. The predicted octanol–water partition coefficient (Wildman–Crippen LogP) is 13.1. The zero-order chi connectivity index (χ0) is 37.5. The van der Waals surface area contributed by atoms with Crippen molar-refractivity contribution in [3.63, 3.8) is 0 Å². The van der Waals surface area contributed by atoms with Crippen LogP contribution in [0.5, 0.6) is 0 Å². The third-order valence-corrected chi connectivity index (χ3v) is 11.5. The van der Waals surface area contributed by atoms with Crippen molar-refractivity contribution in [3.05, 3.63) is 200 Å². The van der Waals surface area contributed by atoms with E-state index in [9.17, 15) is 0 Å². The molecule has 5 heteroatoms. The third-order valence-electron chi connectivity index (χ3n) is 11.5. The van der Waals surface area contributed by atoms with Crippen molar-refractivity contribution in [1.82, 2.24) is 23.7 Å². The Morgan fingerprint density at radius 2 is 0.772 bits per heavy atom. The van der Waals surface area contributed by atoms with E-state index >= 15 is 0 Å². The summed E-state index contributed by atoms with van der Waals surface area (Å²) < 4.78 is 7.09. The van der Waals surface area contributed by atoms with Crippen molar-refractivity contribution in [2.45, 2.75) is 0 Å². The minimum absolute atomic E-state index is 0.629. The molecule has 5 nitrogen and oxygen atoms in total. The molecule has 0 saturated carbocycles. The molecule has 12 aromatic rings. The molecule has 0 spiro atoms. The van der Waals surface area contributed by atoms with Crippen molar-refractivity contribution in [2.24, 2.45) is 0 Å². The number of aromatic nitrogens is 5. The molecule has 8 aromatic carbocycles. The second kappa shape index (κ2) is 12.4. The number of fused-ring (bicyclic) bond motifs is 10. The lowest BCUT2D eigenvalue weighted by Crippen LogP contribution is -2.04. The van der Waals surface area contributed by atoms with E-state index in [1.165, 1.54) is 27.2 Å². The molecule has 266 valence electrons. The molecule has 0 N–H and O–H groups in total. The van der Waals surface area contributed by atoms with Gasteiger partial charge in [-0.3, -0.25) is 4.57 Å². The monoisotopic (exact) mass is 727 g/mol. The highest BCUT2D eigenvalue weighted by Crippen LogP contribution is 2.43. The van der Waals surface area contributed by atoms with Gasteiger partial charge in [0.05, 0.1) is 44.5 Å². The Kier molecular flexibility index (Phi) is 6.86. The van der Waals surface area contributed by atoms with Crippen LogP contribution in [0.4, 0.5) is 0 Å². The molecule has 0 aliphatic rings. The molecule has 0 unspecified atom stereocenters. The van der Waals surface area contributed by atoms with E-state index in [1.54, 1.807) is 0 Å². The first-order valence-electron chi connectivity index (χ1n) is 19.3. The zero-order valence-electron chi connectivity index (χ0n) is 30.8. The second-order valence-corrected chi connectivity index (χ2v) is 14.6. The predicted molar refractivity (Wildman–Crippen MR) is 236 cm³/mol. The maximum Gasteiger partial charge on any atom is 0.235 e. The van der Waals surface area contributed by atoms with Gasteiger partial charge in [0.15, 0.2) is 0 Å². The lowest BCUT2D eigenvalue weighted by Gasteiger charge is -2.13. The second-order valence-electron chi connectivity index (χ2n) is 14.6. The number of hydrogen-bond acceptors (Lipinski definition) is 2. The molecule has 0 aliphatic carbocycles. The van der Waals surface area contributed by atoms with Gasteiger partial charge in [-0.1, -0.05) is 140 Å². The summed E-state index contributed by atoms with van der Waals surface area (Å²) in [5.41, 5.74) is 12.8. The minimum atomic E-state index is 0.629. The fourth-order valence-electron chi connectivity index (χ4n) is 9.00. The largest absolute Gasteiger partial charge is 0.309 e. The molecule has 57 heavy (non-hydrogen) atoms. The van der Waals surface area contributed by atoms with Crippen molar-refractivity contribution < 1.29 is 0 Å². The molecule has 12 rings (SSSR count). The number of rotatable bonds is 5. The van der Waals surface area contributed by atoms with Crippen molar-refractivity contribution in [3.8, 4) is 39.8 Å². The van der Waals surface area contributed by atoms with Gasteiger partial charge in [-0.2, -0.15) is 0 Å². The van der Waals surface area contributed by atoms with Gasteiger partial charge in [0.2, 0.25) is 5.95 Å². The molecule has 0 fully saturated rings. The summed E-state index contributed by atoms with van der Waals surface area (Å²) in [4.78, 5) is 10.8. The van der Waals surface area contributed by atoms with Crippen LogP contribution < -0.4 is 0 Å². The smallest absolute Gasteiger partial charge is 0.235 e. The average Bonchev–Trinajstić information content (AvgIpc) is 3.92. The molecule has 0 saturated heterocycles. The molecular formula is C52H33N5. The fraction of sp³-hybridized carbons (Fsp3) is 0. The van der Waals surface area contributed by atoms with Gasteiger partial charge < -0.3 is 9.13 Å². The Labute approximate surface area is 328 Å². The Morgan fingerprint density at radius 3 is 1.39 bits per heavy atom. The zero-order valence-corrected chi connectivity index (χ0v) is 30.8. The molecule has 0 aliphatic heterocycles. The standard InChI is InChI=1S/C52H33N5/c1-4-16-34(17-5-1)43-33-44(35-18-6-2-7-19-35)54-52(53-43)57-48-30-28-37(56-45-25-13-10-22-38(45)39-23-11-14-26-46(39)56)32-42(48)40-29-31-49-50(51(40)57)41-24-12-15-27-47(41)55(49)36-20-8-3-9-21-36/h1-33H. The van der Waals surface area contributed by atoms with Gasteiger partial charge in [0.1, 0.15) is 0 Å².